The van der Waals surface area contributed by atoms with Gasteiger partial charge in [0.1, 0.15) is 0 Å². The van der Waals surface area contributed by atoms with Gasteiger partial charge in [-0.3, -0.25) is 0 Å². The van der Waals surface area contributed by atoms with Gasteiger partial charge in [-0.1, -0.05) is 23.4 Å². The first-order valence-electron chi connectivity index (χ1n) is 8.89. The summed E-state index contributed by atoms with van der Waals surface area (Å²) in [4.78, 5) is 18.2. The van der Waals surface area contributed by atoms with Crippen LogP contribution in [0.5, 0.6) is 0 Å². The molecule has 0 aliphatic carbocycles. The van der Waals surface area contributed by atoms with Crippen LogP contribution in [0.25, 0.3) is 0 Å². The maximum absolute atomic E-state index is 12.3. The third-order valence-electron chi connectivity index (χ3n) is 4.96. The molecule has 25 heavy (non-hydrogen) atoms. The maximum Gasteiger partial charge on any atom is 0.317 e. The van der Waals surface area contributed by atoms with Crippen LogP contribution < -0.4 is 5.32 Å². The molecule has 0 unspecified atom stereocenters. The second-order valence-corrected chi connectivity index (χ2v) is 6.94. The number of carbonyl (C=O) groups is 1. The molecule has 2 amide bonds. The highest BCUT2D eigenvalue weighted by atomic mass is 16.5. The normalized spacial score (nSPS) is 15.4. The lowest BCUT2D eigenvalue weighted by Crippen LogP contribution is -2.44. The highest BCUT2D eigenvalue weighted by Gasteiger charge is 2.23. The molecule has 1 aliphatic heterocycles. The Kier molecular flexibility index (Phi) is 5.36. The summed E-state index contributed by atoms with van der Waals surface area (Å²) in [6.45, 7) is 7.94. The van der Waals surface area contributed by atoms with Crippen molar-refractivity contribution in [2.75, 3.05) is 13.1 Å². The molecule has 0 saturated carbocycles. The van der Waals surface area contributed by atoms with Gasteiger partial charge in [0.15, 0.2) is 5.82 Å². The minimum Gasteiger partial charge on any atom is -0.340 e. The summed E-state index contributed by atoms with van der Waals surface area (Å²) in [7, 11) is 0. The molecule has 2 aromatic rings. The molecule has 2 heterocycles. The second-order valence-electron chi connectivity index (χ2n) is 6.94. The lowest BCUT2D eigenvalue weighted by Gasteiger charge is -2.32. The maximum atomic E-state index is 12.3. The Balaban J connectivity index is 1.44. The first-order chi connectivity index (χ1) is 12.0. The fourth-order valence-corrected chi connectivity index (χ4v) is 3.28. The minimum atomic E-state index is -0.0490. The topological polar surface area (TPSA) is 71.3 Å². The zero-order chi connectivity index (χ0) is 17.8. The van der Waals surface area contributed by atoms with Gasteiger partial charge >= 0.3 is 6.03 Å². The second kappa shape index (κ2) is 7.68. The van der Waals surface area contributed by atoms with Gasteiger partial charge in [-0.25, -0.2) is 4.79 Å². The molecule has 0 radical (unpaired) electrons. The van der Waals surface area contributed by atoms with Crippen molar-refractivity contribution in [2.24, 2.45) is 5.92 Å². The molecule has 3 rings (SSSR count). The molecule has 1 aliphatic rings. The average Bonchev–Trinajstić information content (AvgIpc) is 3.02. The van der Waals surface area contributed by atoms with Gasteiger partial charge in [0, 0.05) is 20.0 Å². The van der Waals surface area contributed by atoms with Gasteiger partial charge in [-0.15, -0.1) is 0 Å². The predicted octanol–water partition coefficient (Wildman–Crippen LogP) is 3.16. The Morgan fingerprint density at radius 2 is 2.00 bits per heavy atom. The molecule has 1 aromatic carbocycles. The largest absolute Gasteiger partial charge is 0.340 e. The van der Waals surface area contributed by atoms with Crippen molar-refractivity contribution in [2.45, 2.75) is 46.6 Å². The quantitative estimate of drug-likeness (QED) is 0.926. The number of rotatable bonds is 4. The number of aryl methyl sites for hydroxylation is 3. The van der Waals surface area contributed by atoms with Crippen molar-refractivity contribution in [3.63, 3.8) is 0 Å². The van der Waals surface area contributed by atoms with Gasteiger partial charge in [0.05, 0.1) is 6.54 Å². The SMILES string of the molecule is Cc1nc(CNC(=O)N2CCC(Cc3ccc(C)c(C)c3)CC2)no1. The van der Waals surface area contributed by atoms with Crippen LogP contribution in [0.1, 0.15) is 41.2 Å². The summed E-state index contributed by atoms with van der Waals surface area (Å²) in [5.41, 5.74) is 4.09. The number of hydrogen-bond acceptors (Lipinski definition) is 4. The number of nitrogens with one attached hydrogen (secondary N) is 1. The lowest BCUT2D eigenvalue weighted by molar-refractivity contribution is 0.169. The van der Waals surface area contributed by atoms with Crippen LogP contribution >= 0.6 is 0 Å². The molecule has 6 nitrogen and oxygen atoms in total. The minimum absolute atomic E-state index is 0.0490. The van der Waals surface area contributed by atoms with E-state index in [1.54, 1.807) is 6.92 Å². The van der Waals surface area contributed by atoms with Crippen molar-refractivity contribution in [1.29, 1.82) is 0 Å². The van der Waals surface area contributed by atoms with Crippen LogP contribution in [-0.2, 0) is 13.0 Å². The molecule has 1 saturated heterocycles. The van der Waals surface area contributed by atoms with E-state index >= 15 is 0 Å². The fraction of sp³-hybridized carbons (Fsp3) is 0.526. The third-order valence-corrected chi connectivity index (χ3v) is 4.96. The van der Waals surface area contributed by atoms with E-state index in [0.29, 0.717) is 24.2 Å². The Morgan fingerprint density at radius 1 is 1.24 bits per heavy atom. The van der Waals surface area contributed by atoms with Gasteiger partial charge in [0.25, 0.3) is 0 Å². The smallest absolute Gasteiger partial charge is 0.317 e. The zero-order valence-electron chi connectivity index (χ0n) is 15.2. The summed E-state index contributed by atoms with van der Waals surface area (Å²) in [6.07, 6.45) is 3.18. The molecule has 0 spiro atoms. The summed E-state index contributed by atoms with van der Waals surface area (Å²) >= 11 is 0. The van der Waals surface area contributed by atoms with E-state index < -0.39 is 0 Å². The first kappa shape index (κ1) is 17.5. The van der Waals surface area contributed by atoms with E-state index in [-0.39, 0.29) is 6.03 Å². The number of benzene rings is 1. The number of likely N-dealkylation sites (tertiary alicyclic amines) is 1. The number of piperidine rings is 1. The molecule has 134 valence electrons. The number of amides is 2. The fourth-order valence-electron chi connectivity index (χ4n) is 3.28. The Labute approximate surface area is 148 Å². The molecular formula is C19H26N4O2. The summed E-state index contributed by atoms with van der Waals surface area (Å²) in [5, 5.41) is 6.65. The van der Waals surface area contributed by atoms with Gasteiger partial charge in [-0.05, 0) is 55.7 Å². The van der Waals surface area contributed by atoms with Crippen LogP contribution in [0.2, 0.25) is 0 Å². The van der Waals surface area contributed by atoms with Crippen molar-refractivity contribution in [1.82, 2.24) is 20.4 Å². The van der Waals surface area contributed by atoms with E-state index in [0.717, 1.165) is 32.4 Å². The monoisotopic (exact) mass is 342 g/mol. The van der Waals surface area contributed by atoms with Gasteiger partial charge in [-0.2, -0.15) is 4.98 Å². The van der Waals surface area contributed by atoms with E-state index in [1.165, 1.54) is 16.7 Å². The van der Waals surface area contributed by atoms with E-state index in [2.05, 4.69) is 47.5 Å². The number of urea groups is 1. The lowest BCUT2D eigenvalue weighted by atomic mass is 9.89. The van der Waals surface area contributed by atoms with Gasteiger partial charge in [0.2, 0.25) is 5.89 Å². The van der Waals surface area contributed by atoms with Crippen LogP contribution in [-0.4, -0.2) is 34.2 Å². The van der Waals surface area contributed by atoms with E-state index in [1.807, 2.05) is 4.90 Å². The van der Waals surface area contributed by atoms with Crippen molar-refractivity contribution < 1.29 is 9.32 Å². The van der Waals surface area contributed by atoms with E-state index in [9.17, 15) is 4.79 Å². The van der Waals surface area contributed by atoms with Crippen molar-refractivity contribution >= 4 is 6.03 Å². The van der Waals surface area contributed by atoms with Crippen molar-refractivity contribution in [3.8, 4) is 0 Å². The highest BCUT2D eigenvalue weighted by molar-refractivity contribution is 5.74. The molecular weight excluding hydrogens is 316 g/mol. The van der Waals surface area contributed by atoms with Gasteiger partial charge < -0.3 is 14.7 Å². The predicted molar refractivity (Wildman–Crippen MR) is 95.2 cm³/mol. The molecule has 1 N–H and O–H groups in total. The average molecular weight is 342 g/mol. The molecule has 0 atom stereocenters. The standard InChI is InChI=1S/C19H26N4O2/c1-13-4-5-17(10-14(13)2)11-16-6-8-23(9-7-16)19(24)20-12-18-21-15(3)25-22-18/h4-5,10,16H,6-9,11-12H2,1-3H3,(H,20,24). The Bertz CT molecular complexity index is 733. The van der Waals surface area contributed by atoms with Crippen molar-refractivity contribution in [3.05, 3.63) is 46.6 Å². The third kappa shape index (κ3) is 4.59. The van der Waals surface area contributed by atoms with Crippen LogP contribution in [0.3, 0.4) is 0 Å². The highest BCUT2D eigenvalue weighted by Crippen LogP contribution is 2.23. The molecule has 1 fully saturated rings. The Hall–Kier alpha value is -2.37. The van der Waals surface area contributed by atoms with Crippen LogP contribution in [0, 0.1) is 26.7 Å². The van der Waals surface area contributed by atoms with E-state index in [4.69, 9.17) is 4.52 Å². The number of hydrogen-bond donors (Lipinski definition) is 1. The molecule has 0 bridgehead atoms. The molecule has 6 heteroatoms. The number of aromatic nitrogens is 2. The first-order valence-corrected chi connectivity index (χ1v) is 8.89. The summed E-state index contributed by atoms with van der Waals surface area (Å²) in [5.74, 6) is 1.66. The number of nitrogens with zero attached hydrogens (tertiary/aromatic N) is 3. The Morgan fingerprint density at radius 3 is 2.64 bits per heavy atom. The van der Waals surface area contributed by atoms with Crippen LogP contribution in [0.15, 0.2) is 22.7 Å². The summed E-state index contributed by atoms with van der Waals surface area (Å²) in [6, 6.07) is 6.68. The number of carbonyl (C=O) groups excluding carboxylic acids is 1. The zero-order valence-corrected chi connectivity index (χ0v) is 15.2. The summed E-state index contributed by atoms with van der Waals surface area (Å²) < 4.78 is 4.90. The van der Waals surface area contributed by atoms with Crippen LogP contribution in [0.4, 0.5) is 4.79 Å². The molecule has 1 aromatic heterocycles.